The molecule has 3 rings (SSSR count). The lowest BCUT2D eigenvalue weighted by atomic mass is 9.88. The molecule has 0 bridgehead atoms. The van der Waals surface area contributed by atoms with E-state index in [1.807, 2.05) is 19.9 Å². The van der Waals surface area contributed by atoms with Crippen molar-refractivity contribution in [3.05, 3.63) is 77.2 Å². The molecule has 9 heteroatoms. The van der Waals surface area contributed by atoms with Gasteiger partial charge in [-0.1, -0.05) is 26.0 Å². The molecule has 3 aromatic rings. The lowest BCUT2D eigenvalue weighted by Gasteiger charge is -2.18. The number of aromatic nitrogens is 1. The van der Waals surface area contributed by atoms with Crippen molar-refractivity contribution in [1.29, 1.82) is 5.26 Å². The molecule has 0 saturated carbocycles. The van der Waals surface area contributed by atoms with Gasteiger partial charge in [0, 0.05) is 12.3 Å². The Bertz CT molecular complexity index is 1350. The van der Waals surface area contributed by atoms with E-state index >= 15 is 0 Å². The van der Waals surface area contributed by atoms with Crippen LogP contribution in [0.3, 0.4) is 0 Å². The van der Waals surface area contributed by atoms with Crippen LogP contribution in [0.2, 0.25) is 0 Å². The molecule has 1 N–H and O–H groups in total. The minimum absolute atomic E-state index is 0.0928. The third kappa shape index (κ3) is 5.77. The van der Waals surface area contributed by atoms with Crippen molar-refractivity contribution >= 4 is 15.9 Å². The number of hydrogen-bond acceptors (Lipinski definition) is 6. The Labute approximate surface area is 198 Å². The van der Waals surface area contributed by atoms with Crippen LogP contribution in [0.5, 0.6) is 5.88 Å². The molecule has 1 heterocycles. The van der Waals surface area contributed by atoms with Crippen molar-refractivity contribution in [2.75, 3.05) is 7.11 Å². The zero-order chi connectivity index (χ0) is 24.9. The molecule has 0 saturated heterocycles. The number of benzene rings is 2. The van der Waals surface area contributed by atoms with Crippen LogP contribution in [0, 0.1) is 17.1 Å². The average molecular weight is 482 g/mol. The normalized spacial score (nSPS) is 11.2. The van der Waals surface area contributed by atoms with Gasteiger partial charge in [-0.05, 0) is 64.1 Å². The van der Waals surface area contributed by atoms with E-state index in [4.69, 9.17) is 10.00 Å². The second-order valence-electron chi connectivity index (χ2n) is 7.95. The second-order valence-corrected chi connectivity index (χ2v) is 9.63. The summed E-state index contributed by atoms with van der Waals surface area (Å²) in [7, 11) is -2.67. The fourth-order valence-electron chi connectivity index (χ4n) is 3.60. The maximum absolute atomic E-state index is 14.5. The molecule has 176 valence electrons. The summed E-state index contributed by atoms with van der Waals surface area (Å²) >= 11 is 0. The van der Waals surface area contributed by atoms with E-state index in [9.17, 15) is 17.6 Å². The first kappa shape index (κ1) is 24.9. The maximum atomic E-state index is 14.5. The van der Waals surface area contributed by atoms with Crippen LogP contribution < -0.4 is 9.46 Å². The van der Waals surface area contributed by atoms with Crippen LogP contribution in [-0.2, 0) is 27.7 Å². The number of rotatable bonds is 8. The van der Waals surface area contributed by atoms with Crippen molar-refractivity contribution in [3.63, 3.8) is 0 Å². The molecular weight excluding hydrogens is 457 g/mol. The molecule has 7 nitrogen and oxygen atoms in total. The smallest absolute Gasteiger partial charge is 0.264 e. The fraction of sp³-hybridized carbons (Fsp3) is 0.240. The van der Waals surface area contributed by atoms with Crippen LogP contribution in [0.25, 0.3) is 11.1 Å². The van der Waals surface area contributed by atoms with E-state index in [1.165, 1.54) is 49.7 Å². The van der Waals surface area contributed by atoms with E-state index in [2.05, 4.69) is 9.71 Å². The Hall–Kier alpha value is -3.77. The van der Waals surface area contributed by atoms with Crippen molar-refractivity contribution in [3.8, 4) is 23.1 Å². The fourth-order valence-corrected chi connectivity index (χ4v) is 4.58. The summed E-state index contributed by atoms with van der Waals surface area (Å²) in [5.74, 6) is -1.02. The Balaban J connectivity index is 1.96. The molecule has 0 aliphatic rings. The van der Waals surface area contributed by atoms with Crippen LogP contribution >= 0.6 is 0 Å². The molecule has 0 fully saturated rings. The molecule has 0 radical (unpaired) electrons. The number of ether oxygens (including phenoxy) is 1. The van der Waals surface area contributed by atoms with Gasteiger partial charge in [-0.2, -0.15) is 5.26 Å². The number of sulfonamides is 1. The number of amides is 1. The van der Waals surface area contributed by atoms with Gasteiger partial charge >= 0.3 is 0 Å². The lowest BCUT2D eigenvalue weighted by Crippen LogP contribution is -2.32. The first-order chi connectivity index (χ1) is 16.1. The molecule has 34 heavy (non-hydrogen) atoms. The van der Waals surface area contributed by atoms with Crippen molar-refractivity contribution in [2.24, 2.45) is 0 Å². The van der Waals surface area contributed by atoms with Gasteiger partial charge in [0.15, 0.2) is 0 Å². The highest BCUT2D eigenvalue weighted by molar-refractivity contribution is 7.90. The van der Waals surface area contributed by atoms with Crippen LogP contribution in [0.4, 0.5) is 4.39 Å². The zero-order valence-corrected chi connectivity index (χ0v) is 19.8. The molecule has 0 atom stereocenters. The van der Waals surface area contributed by atoms with Gasteiger partial charge in [0.2, 0.25) is 11.8 Å². The van der Waals surface area contributed by atoms with Gasteiger partial charge in [0.05, 0.1) is 30.9 Å². The van der Waals surface area contributed by atoms with Gasteiger partial charge in [-0.15, -0.1) is 0 Å². The summed E-state index contributed by atoms with van der Waals surface area (Å²) < 4.78 is 47.2. The number of carbonyl (C=O) groups is 1. The average Bonchev–Trinajstić information content (AvgIpc) is 2.80. The van der Waals surface area contributed by atoms with Crippen molar-refractivity contribution < 1.29 is 22.3 Å². The van der Waals surface area contributed by atoms with Crippen molar-refractivity contribution in [1.82, 2.24) is 9.71 Å². The van der Waals surface area contributed by atoms with Gasteiger partial charge in [0.25, 0.3) is 10.0 Å². The van der Waals surface area contributed by atoms with E-state index in [0.29, 0.717) is 33.7 Å². The van der Waals surface area contributed by atoms with Crippen LogP contribution in [0.15, 0.2) is 59.6 Å². The van der Waals surface area contributed by atoms with Crippen LogP contribution in [-0.4, -0.2) is 26.4 Å². The third-order valence-corrected chi connectivity index (χ3v) is 6.62. The number of methoxy groups -OCH3 is 1. The molecule has 0 unspecified atom stereocenters. The minimum atomic E-state index is -4.13. The topological polar surface area (TPSA) is 109 Å². The molecule has 0 aliphatic heterocycles. The predicted octanol–water partition coefficient (Wildman–Crippen LogP) is 4.13. The molecule has 2 aromatic carbocycles. The Morgan fingerprint density at radius 2 is 1.88 bits per heavy atom. The second kappa shape index (κ2) is 10.4. The number of pyridine rings is 1. The minimum Gasteiger partial charge on any atom is -0.481 e. The Kier molecular flexibility index (Phi) is 7.64. The first-order valence-corrected chi connectivity index (χ1v) is 12.0. The van der Waals surface area contributed by atoms with E-state index in [1.54, 1.807) is 12.1 Å². The molecule has 1 aromatic heterocycles. The van der Waals surface area contributed by atoms with Gasteiger partial charge in [0.1, 0.15) is 5.82 Å². The van der Waals surface area contributed by atoms with E-state index < -0.39 is 21.7 Å². The number of nitrogens with zero attached hydrogens (tertiary/aromatic N) is 2. The number of hydrogen-bond donors (Lipinski definition) is 1. The van der Waals surface area contributed by atoms with E-state index in [0.717, 1.165) is 0 Å². The Morgan fingerprint density at radius 1 is 1.18 bits per heavy atom. The zero-order valence-electron chi connectivity index (χ0n) is 19.0. The Morgan fingerprint density at radius 3 is 2.50 bits per heavy atom. The van der Waals surface area contributed by atoms with Gasteiger partial charge < -0.3 is 4.74 Å². The van der Waals surface area contributed by atoms with Crippen LogP contribution in [0.1, 0.15) is 36.5 Å². The summed E-state index contributed by atoms with van der Waals surface area (Å²) in [5, 5.41) is 8.76. The van der Waals surface area contributed by atoms with Gasteiger partial charge in [-0.25, -0.2) is 22.5 Å². The number of nitrogens with one attached hydrogen (secondary N) is 1. The highest BCUT2D eigenvalue weighted by Gasteiger charge is 2.22. The highest BCUT2D eigenvalue weighted by atomic mass is 32.2. The molecule has 0 spiro atoms. The summed E-state index contributed by atoms with van der Waals surface area (Å²) in [4.78, 5) is 16.8. The number of halogens is 1. The third-order valence-electron chi connectivity index (χ3n) is 5.23. The SMILES string of the molecule is COc1cc(-c2cc(F)cc(C(C)C)c2CC(=O)NS(=O)(=O)c2ccc(CC#N)cc2)ccn1. The quantitative estimate of drug-likeness (QED) is 0.518. The molecule has 0 aliphatic carbocycles. The summed E-state index contributed by atoms with van der Waals surface area (Å²) in [6.07, 6.45) is 1.38. The molecule has 1 amide bonds. The highest BCUT2D eigenvalue weighted by Crippen LogP contribution is 2.33. The standard InChI is InChI=1S/C25H24FN3O4S/c1-16(2)21-13-19(26)14-22(18-9-11-28-25(12-18)33-3)23(21)15-24(30)29-34(31,32)20-6-4-17(5-7-20)8-10-27/h4-7,9,11-14,16H,8,15H2,1-3H3,(H,29,30). The van der Waals surface area contributed by atoms with Crippen molar-refractivity contribution in [2.45, 2.75) is 37.5 Å². The monoisotopic (exact) mass is 481 g/mol. The first-order valence-electron chi connectivity index (χ1n) is 10.5. The largest absolute Gasteiger partial charge is 0.481 e. The summed E-state index contributed by atoms with van der Waals surface area (Å²) in [6, 6.07) is 13.7. The molecular formula is C25H24FN3O4S. The summed E-state index contributed by atoms with van der Waals surface area (Å²) in [6.45, 7) is 3.74. The lowest BCUT2D eigenvalue weighted by molar-refractivity contribution is -0.118. The predicted molar refractivity (Wildman–Crippen MR) is 125 cm³/mol. The number of carbonyl (C=O) groups excluding carboxylic acids is 1. The van der Waals surface area contributed by atoms with Gasteiger partial charge in [-0.3, -0.25) is 4.79 Å². The maximum Gasteiger partial charge on any atom is 0.264 e. The van der Waals surface area contributed by atoms with E-state index in [-0.39, 0.29) is 23.7 Å². The number of nitriles is 1. The summed E-state index contributed by atoms with van der Waals surface area (Å²) in [5.41, 5.74) is 2.82.